The van der Waals surface area contributed by atoms with Gasteiger partial charge in [0.1, 0.15) is 0 Å². The normalized spacial score (nSPS) is 20.8. The van der Waals surface area contributed by atoms with Crippen LogP contribution in [-0.2, 0) is 6.42 Å². The zero-order chi connectivity index (χ0) is 14.6. The third kappa shape index (κ3) is 3.39. The molecule has 1 aliphatic rings. The highest BCUT2D eigenvalue weighted by Crippen LogP contribution is 2.29. The zero-order valence-electron chi connectivity index (χ0n) is 12.4. The molecule has 0 bridgehead atoms. The quantitative estimate of drug-likeness (QED) is 0.617. The number of likely N-dealkylation sites (tertiary alicyclic amines) is 1. The number of nitrogens with two attached hydrogens (primary N) is 1. The maximum atomic E-state index is 5.87. The van der Waals surface area contributed by atoms with Crippen molar-refractivity contribution in [2.24, 2.45) is 5.84 Å². The van der Waals surface area contributed by atoms with E-state index in [2.05, 4.69) is 51.2 Å². The van der Waals surface area contributed by atoms with E-state index in [0.29, 0.717) is 0 Å². The summed E-state index contributed by atoms with van der Waals surface area (Å²) in [5, 5.41) is 0. The first kappa shape index (κ1) is 15.9. The first-order valence-corrected chi connectivity index (χ1v) is 8.21. The van der Waals surface area contributed by atoms with Gasteiger partial charge in [-0.2, -0.15) is 0 Å². The second-order valence-electron chi connectivity index (χ2n) is 5.80. The molecule has 1 aromatic rings. The molecule has 20 heavy (non-hydrogen) atoms. The number of hydrazine groups is 1. The summed E-state index contributed by atoms with van der Waals surface area (Å²) in [4.78, 5) is 7.06. The topological polar surface area (TPSA) is 54.2 Å². The van der Waals surface area contributed by atoms with E-state index in [0.717, 1.165) is 23.0 Å². The number of nitrogens with one attached hydrogen (secondary N) is 1. The summed E-state index contributed by atoms with van der Waals surface area (Å²) >= 11 is 3.42. The van der Waals surface area contributed by atoms with Crippen molar-refractivity contribution in [3.05, 3.63) is 28.5 Å². The lowest BCUT2D eigenvalue weighted by atomic mass is 9.85. The van der Waals surface area contributed by atoms with Gasteiger partial charge in [0.15, 0.2) is 0 Å². The Morgan fingerprint density at radius 2 is 2.15 bits per heavy atom. The molecule has 2 rings (SSSR count). The van der Waals surface area contributed by atoms with E-state index in [4.69, 9.17) is 5.84 Å². The molecule has 1 aromatic heterocycles. The molecular formula is C15H25BrN4. The molecule has 1 fully saturated rings. The highest BCUT2D eigenvalue weighted by Gasteiger charge is 2.39. The van der Waals surface area contributed by atoms with Crippen molar-refractivity contribution in [2.75, 3.05) is 13.1 Å². The highest BCUT2D eigenvalue weighted by atomic mass is 79.9. The smallest absolute Gasteiger partial charge is 0.0447 e. The van der Waals surface area contributed by atoms with Crippen LogP contribution in [0, 0.1) is 0 Å². The third-order valence-corrected chi connectivity index (χ3v) is 5.17. The second kappa shape index (κ2) is 6.98. The molecule has 2 unspecified atom stereocenters. The van der Waals surface area contributed by atoms with Gasteiger partial charge in [0.05, 0.1) is 0 Å². The number of rotatable bonds is 6. The predicted octanol–water partition coefficient (Wildman–Crippen LogP) is 2.48. The number of halogens is 1. The van der Waals surface area contributed by atoms with Crippen molar-refractivity contribution in [3.8, 4) is 0 Å². The summed E-state index contributed by atoms with van der Waals surface area (Å²) in [6.45, 7) is 6.92. The lowest BCUT2D eigenvalue weighted by Gasteiger charge is -2.44. The Balaban J connectivity index is 2.14. The van der Waals surface area contributed by atoms with Gasteiger partial charge in [-0.25, -0.2) is 0 Å². The Labute approximate surface area is 130 Å². The first-order valence-electron chi connectivity index (χ1n) is 7.41. The van der Waals surface area contributed by atoms with Gasteiger partial charge in [-0.3, -0.25) is 21.2 Å². The molecule has 5 heteroatoms. The number of hydrogen-bond donors (Lipinski definition) is 2. The average Bonchev–Trinajstić information content (AvgIpc) is 3.00. The zero-order valence-corrected chi connectivity index (χ0v) is 14.0. The van der Waals surface area contributed by atoms with E-state index in [1.807, 2.05) is 12.3 Å². The van der Waals surface area contributed by atoms with Crippen LogP contribution in [0.5, 0.6) is 0 Å². The van der Waals surface area contributed by atoms with Crippen molar-refractivity contribution in [1.82, 2.24) is 15.3 Å². The van der Waals surface area contributed by atoms with Crippen molar-refractivity contribution in [1.29, 1.82) is 0 Å². The molecule has 112 valence electrons. The van der Waals surface area contributed by atoms with E-state index in [9.17, 15) is 0 Å². The molecule has 2 heterocycles. The number of hydrogen-bond acceptors (Lipinski definition) is 4. The lowest BCUT2D eigenvalue weighted by Crippen LogP contribution is -2.61. The monoisotopic (exact) mass is 340 g/mol. The molecule has 0 aromatic carbocycles. The van der Waals surface area contributed by atoms with Gasteiger partial charge >= 0.3 is 0 Å². The van der Waals surface area contributed by atoms with Crippen molar-refractivity contribution < 1.29 is 0 Å². The number of pyridine rings is 1. The van der Waals surface area contributed by atoms with Crippen LogP contribution in [0.3, 0.4) is 0 Å². The van der Waals surface area contributed by atoms with Gasteiger partial charge in [-0.05, 0) is 67.3 Å². The fourth-order valence-corrected chi connectivity index (χ4v) is 3.35. The Hall–Kier alpha value is -0.490. The van der Waals surface area contributed by atoms with Gasteiger partial charge in [0.25, 0.3) is 0 Å². The molecule has 1 aliphatic heterocycles. The lowest BCUT2D eigenvalue weighted by molar-refractivity contribution is 0.0837. The van der Waals surface area contributed by atoms with Crippen LogP contribution in [0.25, 0.3) is 0 Å². The largest absolute Gasteiger partial charge is 0.296 e. The minimum absolute atomic E-state index is 0.0833. The molecule has 0 aliphatic carbocycles. The van der Waals surface area contributed by atoms with Crippen molar-refractivity contribution >= 4 is 15.9 Å². The molecule has 0 saturated carbocycles. The van der Waals surface area contributed by atoms with Crippen LogP contribution in [0.4, 0.5) is 0 Å². The van der Waals surface area contributed by atoms with E-state index >= 15 is 0 Å². The molecule has 4 nitrogen and oxygen atoms in total. The van der Waals surface area contributed by atoms with Crippen LogP contribution >= 0.6 is 15.9 Å². The molecule has 0 spiro atoms. The van der Waals surface area contributed by atoms with E-state index in [1.165, 1.54) is 25.9 Å². The summed E-state index contributed by atoms with van der Waals surface area (Å²) in [5.74, 6) is 5.87. The fraction of sp³-hybridized carbons (Fsp3) is 0.667. The fourth-order valence-electron chi connectivity index (χ4n) is 3.11. The van der Waals surface area contributed by atoms with Gasteiger partial charge in [0.2, 0.25) is 0 Å². The van der Waals surface area contributed by atoms with Crippen molar-refractivity contribution in [3.63, 3.8) is 0 Å². The SMILES string of the molecule is CCC(C)(C(Cc1ccc(Br)cn1)NN)N1CCCC1. The summed E-state index contributed by atoms with van der Waals surface area (Å²) in [5.41, 5.74) is 4.20. The van der Waals surface area contributed by atoms with Gasteiger partial charge in [-0.15, -0.1) is 0 Å². The van der Waals surface area contributed by atoms with Gasteiger partial charge in [-0.1, -0.05) is 6.92 Å². The van der Waals surface area contributed by atoms with Crippen LogP contribution in [0.1, 0.15) is 38.8 Å². The number of aromatic nitrogens is 1. The minimum Gasteiger partial charge on any atom is -0.296 e. The Morgan fingerprint density at radius 3 is 2.65 bits per heavy atom. The summed E-state index contributed by atoms with van der Waals surface area (Å²) in [6, 6.07) is 4.31. The maximum Gasteiger partial charge on any atom is 0.0447 e. The first-order chi connectivity index (χ1) is 9.60. The van der Waals surface area contributed by atoms with Gasteiger partial charge < -0.3 is 0 Å². The third-order valence-electron chi connectivity index (χ3n) is 4.70. The van der Waals surface area contributed by atoms with E-state index in [1.54, 1.807) is 0 Å². The average molecular weight is 341 g/mol. The molecule has 0 amide bonds. The van der Waals surface area contributed by atoms with Crippen LogP contribution in [0.15, 0.2) is 22.8 Å². The van der Waals surface area contributed by atoms with Crippen molar-refractivity contribution in [2.45, 2.75) is 51.1 Å². The van der Waals surface area contributed by atoms with Gasteiger partial charge in [0, 0.05) is 34.4 Å². The Morgan fingerprint density at radius 1 is 1.45 bits per heavy atom. The summed E-state index contributed by atoms with van der Waals surface area (Å²) < 4.78 is 1.01. The standard InChI is InChI=1S/C15H25BrN4/c1-3-15(2,20-8-4-5-9-20)14(19-17)10-13-7-6-12(16)11-18-13/h6-7,11,14,19H,3-5,8-10,17H2,1-2H3. The summed E-state index contributed by atoms with van der Waals surface area (Å²) in [7, 11) is 0. The molecule has 1 saturated heterocycles. The maximum absolute atomic E-state index is 5.87. The molecule has 0 radical (unpaired) electrons. The molecular weight excluding hydrogens is 316 g/mol. The summed E-state index contributed by atoms with van der Waals surface area (Å²) in [6.07, 6.45) is 6.37. The second-order valence-corrected chi connectivity index (χ2v) is 6.71. The van der Waals surface area contributed by atoms with Crippen LogP contribution < -0.4 is 11.3 Å². The van der Waals surface area contributed by atoms with Crippen LogP contribution in [0.2, 0.25) is 0 Å². The highest BCUT2D eigenvalue weighted by molar-refractivity contribution is 9.10. The minimum atomic E-state index is 0.0833. The van der Waals surface area contributed by atoms with E-state index < -0.39 is 0 Å². The van der Waals surface area contributed by atoms with E-state index in [-0.39, 0.29) is 11.6 Å². The number of nitrogens with zero attached hydrogens (tertiary/aromatic N) is 2. The predicted molar refractivity (Wildman–Crippen MR) is 86.3 cm³/mol. The Kier molecular flexibility index (Phi) is 5.55. The van der Waals surface area contributed by atoms with Crippen LogP contribution in [-0.4, -0.2) is 34.6 Å². The molecule has 3 N–H and O–H groups in total. The molecule has 2 atom stereocenters. The Bertz CT molecular complexity index is 416.